The lowest BCUT2D eigenvalue weighted by molar-refractivity contribution is -0.135. The fraction of sp³-hybridized carbons (Fsp3) is 0.500. The summed E-state index contributed by atoms with van der Waals surface area (Å²) < 4.78 is 22.9. The first-order chi connectivity index (χ1) is 17.8. The average Bonchev–Trinajstić information content (AvgIpc) is 3.46. The number of aliphatic hydroxyl groups is 1. The number of anilines is 2. The molecule has 2 fully saturated rings. The first-order valence-electron chi connectivity index (χ1n) is 12.5. The highest BCUT2D eigenvalue weighted by molar-refractivity contribution is 5.97. The predicted octanol–water partition coefficient (Wildman–Crippen LogP) is 2.35. The Morgan fingerprint density at radius 1 is 1.16 bits per heavy atom. The number of halogens is 1. The quantitative estimate of drug-likeness (QED) is 0.423. The molecule has 1 saturated heterocycles. The van der Waals surface area contributed by atoms with Gasteiger partial charge in [-0.15, -0.1) is 0 Å². The number of nitrogens with zero attached hydrogens (tertiary/aromatic N) is 1. The third-order valence-electron chi connectivity index (χ3n) is 7.05. The Bertz CT molecular complexity index is 1070. The number of nitrogens with one attached hydrogen (secondary N) is 3. The molecular formula is C26H33FN4O6. The van der Waals surface area contributed by atoms with Gasteiger partial charge < -0.3 is 35.1 Å². The number of hydrogen-bond donors (Lipinski definition) is 4. The summed E-state index contributed by atoms with van der Waals surface area (Å²) in [6.45, 7) is 0.869. The summed E-state index contributed by atoms with van der Waals surface area (Å²) in [7, 11) is 1.11. The molecule has 2 heterocycles. The van der Waals surface area contributed by atoms with Crippen molar-refractivity contribution >= 4 is 29.1 Å². The van der Waals surface area contributed by atoms with Crippen molar-refractivity contribution in [2.24, 2.45) is 0 Å². The van der Waals surface area contributed by atoms with Gasteiger partial charge in [-0.2, -0.15) is 0 Å². The first-order valence-corrected chi connectivity index (χ1v) is 12.5. The molecule has 0 spiro atoms. The number of ether oxygens (including phenoxy) is 1. The number of aliphatic hydroxyl groups excluding tert-OH is 1. The van der Waals surface area contributed by atoms with Crippen molar-refractivity contribution in [3.8, 4) is 0 Å². The maximum absolute atomic E-state index is 13.4. The Balaban J connectivity index is 1.35. The second-order valence-corrected chi connectivity index (χ2v) is 9.54. The van der Waals surface area contributed by atoms with E-state index in [-0.39, 0.29) is 11.7 Å². The van der Waals surface area contributed by atoms with Crippen LogP contribution in [0.15, 0.2) is 47.1 Å². The molecule has 1 aromatic carbocycles. The molecule has 4 rings (SSSR count). The second kappa shape index (κ2) is 11.7. The molecule has 4 N–H and O–H groups in total. The number of methoxy groups -OCH3 is 1. The van der Waals surface area contributed by atoms with Crippen molar-refractivity contribution in [1.29, 1.82) is 0 Å². The van der Waals surface area contributed by atoms with Gasteiger partial charge in [0, 0.05) is 31.6 Å². The maximum Gasteiger partial charge on any atom is 0.287 e. The third-order valence-corrected chi connectivity index (χ3v) is 7.05. The Hall–Kier alpha value is -3.44. The standard InChI is InChI=1S/C26H33FN4O6/c1-36-22(27)24(34)28-17-7-9-18(10-8-17)31-14-11-19(20(32)16-31)29-25(35)26(12-3-2-4-13-26)30-23(33)21-6-5-15-37-21/h5-10,15,19-20,22,32H,2-4,11-14,16H2,1H3,(H,28,34)(H,29,35)(H,30,33). The molecule has 0 bridgehead atoms. The summed E-state index contributed by atoms with van der Waals surface area (Å²) in [4.78, 5) is 39.7. The van der Waals surface area contributed by atoms with Gasteiger partial charge in [-0.1, -0.05) is 19.3 Å². The average molecular weight is 517 g/mol. The fourth-order valence-electron chi connectivity index (χ4n) is 4.95. The van der Waals surface area contributed by atoms with E-state index in [1.165, 1.54) is 6.26 Å². The number of carbonyl (C=O) groups excluding carboxylic acids is 3. The van der Waals surface area contributed by atoms with Crippen LogP contribution >= 0.6 is 0 Å². The van der Waals surface area contributed by atoms with Gasteiger partial charge in [0.15, 0.2) is 5.76 Å². The van der Waals surface area contributed by atoms with E-state index in [4.69, 9.17) is 4.42 Å². The molecule has 10 nitrogen and oxygen atoms in total. The van der Waals surface area contributed by atoms with E-state index in [0.717, 1.165) is 32.1 Å². The van der Waals surface area contributed by atoms with Gasteiger partial charge in [0.25, 0.3) is 18.2 Å². The molecular weight excluding hydrogens is 483 g/mol. The number of amides is 3. The predicted molar refractivity (Wildman–Crippen MR) is 134 cm³/mol. The number of carbonyl (C=O) groups is 3. The number of alkyl halides is 1. The first kappa shape index (κ1) is 26.6. The van der Waals surface area contributed by atoms with Crippen molar-refractivity contribution in [2.45, 2.75) is 62.6 Å². The molecule has 1 aliphatic heterocycles. The van der Waals surface area contributed by atoms with Crippen LogP contribution in [0.25, 0.3) is 0 Å². The number of rotatable bonds is 8. The van der Waals surface area contributed by atoms with Gasteiger partial charge in [-0.25, -0.2) is 4.39 Å². The van der Waals surface area contributed by atoms with Gasteiger partial charge >= 0.3 is 0 Å². The molecule has 3 atom stereocenters. The molecule has 1 aliphatic carbocycles. The Kier molecular flexibility index (Phi) is 8.45. The topological polar surface area (TPSA) is 133 Å². The summed E-state index contributed by atoms with van der Waals surface area (Å²) >= 11 is 0. The van der Waals surface area contributed by atoms with E-state index in [1.807, 2.05) is 4.90 Å². The minimum atomic E-state index is -2.05. The molecule has 2 aliphatic rings. The van der Waals surface area contributed by atoms with Crippen LogP contribution in [0.4, 0.5) is 15.8 Å². The fourth-order valence-corrected chi connectivity index (χ4v) is 4.95. The van der Waals surface area contributed by atoms with Crippen molar-refractivity contribution in [3.05, 3.63) is 48.4 Å². The number of β-amino-alcohol motifs (C(OH)–C–C–N with tert-alkyl or cyclic N) is 1. The Morgan fingerprint density at radius 3 is 2.51 bits per heavy atom. The second-order valence-electron chi connectivity index (χ2n) is 9.54. The summed E-state index contributed by atoms with van der Waals surface area (Å²) in [5, 5.41) is 19.2. The molecule has 3 unspecified atom stereocenters. The Labute approximate surface area is 214 Å². The monoisotopic (exact) mass is 516 g/mol. The van der Waals surface area contributed by atoms with E-state index in [0.29, 0.717) is 38.0 Å². The molecule has 3 amide bonds. The molecule has 200 valence electrons. The van der Waals surface area contributed by atoms with Crippen LogP contribution < -0.4 is 20.9 Å². The normalized spacial score (nSPS) is 22.1. The van der Waals surface area contributed by atoms with Gasteiger partial charge in [0.1, 0.15) is 5.54 Å². The highest BCUT2D eigenvalue weighted by atomic mass is 19.1. The summed E-state index contributed by atoms with van der Waals surface area (Å²) in [5.74, 6) is -1.45. The number of furan rings is 1. The molecule has 1 saturated carbocycles. The molecule has 37 heavy (non-hydrogen) atoms. The number of piperidine rings is 1. The van der Waals surface area contributed by atoms with Crippen molar-refractivity contribution < 1.29 is 33.0 Å². The van der Waals surface area contributed by atoms with Gasteiger partial charge in [0.05, 0.1) is 18.4 Å². The minimum absolute atomic E-state index is 0.153. The molecule has 11 heteroatoms. The summed E-state index contributed by atoms with van der Waals surface area (Å²) in [6.07, 6.45) is 2.73. The zero-order valence-corrected chi connectivity index (χ0v) is 20.7. The Morgan fingerprint density at radius 2 is 1.89 bits per heavy atom. The van der Waals surface area contributed by atoms with Crippen molar-refractivity contribution in [3.63, 3.8) is 0 Å². The van der Waals surface area contributed by atoms with Crippen molar-refractivity contribution in [1.82, 2.24) is 10.6 Å². The number of hydrogen-bond acceptors (Lipinski definition) is 7. The van der Waals surface area contributed by atoms with Gasteiger partial charge in [0.2, 0.25) is 5.91 Å². The highest BCUT2D eigenvalue weighted by Gasteiger charge is 2.43. The van der Waals surface area contributed by atoms with Crippen LogP contribution in [0.1, 0.15) is 49.1 Å². The van der Waals surface area contributed by atoms with Crippen LogP contribution in [0, 0.1) is 0 Å². The molecule has 0 radical (unpaired) electrons. The van der Waals surface area contributed by atoms with E-state index in [1.54, 1.807) is 36.4 Å². The minimum Gasteiger partial charge on any atom is -0.459 e. The van der Waals surface area contributed by atoms with Crippen molar-refractivity contribution in [2.75, 3.05) is 30.4 Å². The lowest BCUT2D eigenvalue weighted by atomic mass is 9.80. The highest BCUT2D eigenvalue weighted by Crippen LogP contribution is 2.30. The third kappa shape index (κ3) is 6.28. The van der Waals surface area contributed by atoms with Crippen LogP contribution in [0.3, 0.4) is 0 Å². The van der Waals surface area contributed by atoms with Crippen LogP contribution in [-0.4, -0.2) is 67.1 Å². The van der Waals surface area contributed by atoms with Crippen LogP contribution in [-0.2, 0) is 14.3 Å². The van der Waals surface area contributed by atoms with E-state index in [2.05, 4.69) is 20.7 Å². The summed E-state index contributed by atoms with van der Waals surface area (Å²) in [6, 6.07) is 9.54. The van der Waals surface area contributed by atoms with Gasteiger partial charge in [-0.05, 0) is 55.7 Å². The zero-order chi connectivity index (χ0) is 26.4. The molecule has 1 aromatic heterocycles. The maximum atomic E-state index is 13.4. The summed E-state index contributed by atoms with van der Waals surface area (Å²) in [5.41, 5.74) is 0.200. The largest absolute Gasteiger partial charge is 0.459 e. The lowest BCUT2D eigenvalue weighted by Crippen LogP contribution is -2.64. The smallest absolute Gasteiger partial charge is 0.287 e. The van der Waals surface area contributed by atoms with Crippen LogP contribution in [0.5, 0.6) is 0 Å². The van der Waals surface area contributed by atoms with E-state index >= 15 is 0 Å². The van der Waals surface area contributed by atoms with Crippen LogP contribution in [0.2, 0.25) is 0 Å². The van der Waals surface area contributed by atoms with Gasteiger partial charge in [-0.3, -0.25) is 14.4 Å². The lowest BCUT2D eigenvalue weighted by Gasteiger charge is -2.41. The van der Waals surface area contributed by atoms with E-state index < -0.39 is 35.9 Å². The number of benzene rings is 1. The zero-order valence-electron chi connectivity index (χ0n) is 20.7. The van der Waals surface area contributed by atoms with E-state index in [9.17, 15) is 23.9 Å². The molecule has 2 aromatic rings. The SMILES string of the molecule is COC(F)C(=O)Nc1ccc(N2CCC(NC(=O)C3(NC(=O)c4ccco4)CCCCC3)C(O)C2)cc1.